The standard InChI is InChI=1S/C24H32N6O7/c1-13(2)20(23(35)29-18(24(36)37)9-15-11-26-12-27-15)30-22(34)17(8-14-6-4-3-5-7-14)28-21(33)16(25)10-19(31)32/h3-7,11-13,16-18,20H,8-10,25H2,1-2H3,(H,26,27)(H,28,33)(H,29,35)(H,30,34)(H,31,32)(H,36,37). The lowest BCUT2D eigenvalue weighted by atomic mass is 10.00. The average molecular weight is 517 g/mol. The molecule has 0 fully saturated rings. The topological polar surface area (TPSA) is 217 Å². The number of imidazole rings is 1. The van der Waals surface area contributed by atoms with Gasteiger partial charge in [-0.2, -0.15) is 0 Å². The second kappa shape index (κ2) is 13.7. The third kappa shape index (κ3) is 9.37. The van der Waals surface area contributed by atoms with Crippen LogP contribution in [0.3, 0.4) is 0 Å². The van der Waals surface area contributed by atoms with Crippen molar-refractivity contribution >= 4 is 29.7 Å². The van der Waals surface area contributed by atoms with Crippen molar-refractivity contribution in [1.82, 2.24) is 25.9 Å². The molecule has 2 aromatic rings. The number of aromatic nitrogens is 2. The zero-order valence-corrected chi connectivity index (χ0v) is 20.5. The van der Waals surface area contributed by atoms with Crippen LogP contribution in [0, 0.1) is 5.92 Å². The van der Waals surface area contributed by atoms with E-state index in [4.69, 9.17) is 10.8 Å². The Kier molecular flexibility index (Phi) is 10.8. The maximum absolute atomic E-state index is 13.2. The van der Waals surface area contributed by atoms with Gasteiger partial charge in [0.25, 0.3) is 0 Å². The summed E-state index contributed by atoms with van der Waals surface area (Å²) in [7, 11) is 0. The molecule has 0 saturated heterocycles. The predicted molar refractivity (Wildman–Crippen MR) is 131 cm³/mol. The Bertz CT molecular complexity index is 1070. The number of hydrogen-bond acceptors (Lipinski definition) is 7. The van der Waals surface area contributed by atoms with E-state index in [0.29, 0.717) is 11.3 Å². The van der Waals surface area contributed by atoms with E-state index in [1.54, 1.807) is 44.2 Å². The van der Waals surface area contributed by atoms with Crippen molar-refractivity contribution < 1.29 is 34.2 Å². The lowest BCUT2D eigenvalue weighted by molar-refractivity contribution is -0.142. The summed E-state index contributed by atoms with van der Waals surface area (Å²) in [5, 5.41) is 26.0. The number of nitrogens with one attached hydrogen (secondary N) is 4. The number of carbonyl (C=O) groups is 5. The van der Waals surface area contributed by atoms with Crippen LogP contribution in [0.5, 0.6) is 0 Å². The summed E-state index contributed by atoms with van der Waals surface area (Å²) in [5.74, 6) is -5.25. The number of hydrogen-bond donors (Lipinski definition) is 7. The number of carbonyl (C=O) groups excluding carboxylic acids is 3. The number of carboxylic acid groups (broad SMARTS) is 2. The number of nitrogens with two attached hydrogens (primary N) is 1. The second-order valence-corrected chi connectivity index (χ2v) is 8.87. The van der Waals surface area contributed by atoms with Gasteiger partial charge in [0.15, 0.2) is 0 Å². The molecular formula is C24H32N6O7. The third-order valence-electron chi connectivity index (χ3n) is 5.49. The van der Waals surface area contributed by atoms with Crippen LogP contribution in [0.1, 0.15) is 31.5 Å². The van der Waals surface area contributed by atoms with Gasteiger partial charge in [0.1, 0.15) is 18.1 Å². The first-order valence-electron chi connectivity index (χ1n) is 11.6. The molecule has 0 aliphatic heterocycles. The van der Waals surface area contributed by atoms with Crippen molar-refractivity contribution in [3.63, 3.8) is 0 Å². The monoisotopic (exact) mass is 516 g/mol. The molecule has 37 heavy (non-hydrogen) atoms. The Labute approximate surface area is 213 Å². The largest absolute Gasteiger partial charge is 0.481 e. The van der Waals surface area contributed by atoms with Crippen LogP contribution in [-0.4, -0.2) is 74.0 Å². The molecule has 0 aliphatic rings. The summed E-state index contributed by atoms with van der Waals surface area (Å²) in [4.78, 5) is 68.0. The van der Waals surface area contributed by atoms with Crippen molar-refractivity contribution in [1.29, 1.82) is 0 Å². The van der Waals surface area contributed by atoms with Gasteiger partial charge in [0, 0.05) is 24.7 Å². The summed E-state index contributed by atoms with van der Waals surface area (Å²) >= 11 is 0. The average Bonchev–Trinajstić information content (AvgIpc) is 3.34. The quantitative estimate of drug-likeness (QED) is 0.167. The minimum Gasteiger partial charge on any atom is -0.481 e. The minimum absolute atomic E-state index is 0.0439. The van der Waals surface area contributed by atoms with Gasteiger partial charge >= 0.3 is 11.9 Å². The molecule has 1 aromatic carbocycles. The van der Waals surface area contributed by atoms with Crippen molar-refractivity contribution in [3.8, 4) is 0 Å². The fourth-order valence-electron chi connectivity index (χ4n) is 3.49. The number of H-pyrrole nitrogens is 1. The molecule has 3 amide bonds. The third-order valence-corrected chi connectivity index (χ3v) is 5.49. The molecule has 0 bridgehead atoms. The Morgan fingerprint density at radius 3 is 2.11 bits per heavy atom. The molecule has 0 saturated carbocycles. The highest BCUT2D eigenvalue weighted by atomic mass is 16.4. The van der Waals surface area contributed by atoms with Crippen LogP contribution < -0.4 is 21.7 Å². The van der Waals surface area contributed by atoms with Crippen molar-refractivity contribution in [3.05, 3.63) is 54.1 Å². The molecule has 2 rings (SSSR count). The van der Waals surface area contributed by atoms with Gasteiger partial charge in [0.2, 0.25) is 17.7 Å². The molecule has 13 heteroatoms. The molecule has 4 unspecified atom stereocenters. The summed E-state index contributed by atoms with van der Waals surface area (Å²) in [6, 6.07) is 3.79. The highest BCUT2D eigenvalue weighted by Crippen LogP contribution is 2.08. The number of nitrogens with zero attached hydrogens (tertiary/aromatic N) is 1. The Morgan fingerprint density at radius 2 is 1.57 bits per heavy atom. The SMILES string of the molecule is CC(C)C(NC(=O)C(Cc1ccccc1)NC(=O)C(N)CC(=O)O)C(=O)NC(Cc1cnc[nH]1)C(=O)O. The molecule has 13 nitrogen and oxygen atoms in total. The van der Waals surface area contributed by atoms with E-state index in [0.717, 1.165) is 0 Å². The smallest absolute Gasteiger partial charge is 0.326 e. The lowest BCUT2D eigenvalue weighted by Gasteiger charge is -2.27. The summed E-state index contributed by atoms with van der Waals surface area (Å²) in [6.45, 7) is 3.34. The molecule has 4 atom stereocenters. The van der Waals surface area contributed by atoms with Gasteiger partial charge in [-0.1, -0.05) is 44.2 Å². The molecule has 1 aromatic heterocycles. The highest BCUT2D eigenvalue weighted by Gasteiger charge is 2.32. The van der Waals surface area contributed by atoms with Crippen LogP contribution in [-0.2, 0) is 36.8 Å². The summed E-state index contributed by atoms with van der Waals surface area (Å²) < 4.78 is 0. The Balaban J connectivity index is 2.18. The molecule has 1 heterocycles. The first-order valence-corrected chi connectivity index (χ1v) is 11.6. The number of amides is 3. The fourth-order valence-corrected chi connectivity index (χ4v) is 3.49. The number of carboxylic acids is 2. The van der Waals surface area contributed by atoms with Gasteiger partial charge < -0.3 is 36.9 Å². The van der Waals surface area contributed by atoms with Crippen LogP contribution in [0.2, 0.25) is 0 Å². The summed E-state index contributed by atoms with van der Waals surface area (Å²) in [6.07, 6.45) is 2.19. The van der Waals surface area contributed by atoms with E-state index < -0.39 is 66.2 Å². The van der Waals surface area contributed by atoms with Gasteiger partial charge in [-0.05, 0) is 11.5 Å². The van der Waals surface area contributed by atoms with E-state index >= 15 is 0 Å². The molecule has 0 aliphatic carbocycles. The van der Waals surface area contributed by atoms with Gasteiger partial charge in [-0.25, -0.2) is 9.78 Å². The second-order valence-electron chi connectivity index (χ2n) is 8.87. The normalized spacial score (nSPS) is 14.2. The first-order chi connectivity index (χ1) is 17.5. The van der Waals surface area contributed by atoms with Gasteiger partial charge in [-0.3, -0.25) is 19.2 Å². The fraction of sp³-hybridized carbons (Fsp3) is 0.417. The zero-order chi connectivity index (χ0) is 27.5. The zero-order valence-electron chi connectivity index (χ0n) is 20.5. The lowest BCUT2D eigenvalue weighted by Crippen LogP contribution is -2.59. The van der Waals surface area contributed by atoms with E-state index in [2.05, 4.69) is 25.9 Å². The van der Waals surface area contributed by atoms with Crippen LogP contribution in [0.15, 0.2) is 42.9 Å². The van der Waals surface area contributed by atoms with E-state index in [9.17, 15) is 29.1 Å². The number of aliphatic carboxylic acids is 2. The maximum atomic E-state index is 13.2. The van der Waals surface area contributed by atoms with E-state index in [1.165, 1.54) is 12.5 Å². The van der Waals surface area contributed by atoms with Crippen LogP contribution in [0.25, 0.3) is 0 Å². The summed E-state index contributed by atoms with van der Waals surface area (Å²) in [5.41, 5.74) is 6.85. The Morgan fingerprint density at radius 1 is 0.919 bits per heavy atom. The number of rotatable bonds is 14. The molecule has 8 N–H and O–H groups in total. The maximum Gasteiger partial charge on any atom is 0.326 e. The van der Waals surface area contributed by atoms with Gasteiger partial charge in [0.05, 0.1) is 18.8 Å². The number of aromatic amines is 1. The van der Waals surface area contributed by atoms with Crippen LogP contribution in [0.4, 0.5) is 0 Å². The molecule has 0 spiro atoms. The van der Waals surface area contributed by atoms with Crippen LogP contribution >= 0.6 is 0 Å². The predicted octanol–water partition coefficient (Wildman–Crippen LogP) is -0.808. The van der Waals surface area contributed by atoms with E-state index in [-0.39, 0.29) is 12.8 Å². The number of benzene rings is 1. The van der Waals surface area contributed by atoms with E-state index in [1.807, 2.05) is 0 Å². The molecule has 200 valence electrons. The van der Waals surface area contributed by atoms with Crippen molar-refractivity contribution in [2.24, 2.45) is 11.7 Å². The van der Waals surface area contributed by atoms with Crippen molar-refractivity contribution in [2.75, 3.05) is 0 Å². The highest BCUT2D eigenvalue weighted by molar-refractivity contribution is 5.95. The van der Waals surface area contributed by atoms with Gasteiger partial charge in [-0.15, -0.1) is 0 Å². The minimum atomic E-state index is -1.38. The molecular weight excluding hydrogens is 484 g/mol. The molecule has 0 radical (unpaired) electrons. The Hall–Kier alpha value is -4.26. The first kappa shape index (κ1) is 29.0. The van der Waals surface area contributed by atoms with Crippen molar-refractivity contribution in [2.45, 2.75) is 57.3 Å².